The lowest BCUT2D eigenvalue weighted by Gasteiger charge is -2.33. The Hall–Kier alpha value is -1.30. The monoisotopic (exact) mass is 328 g/mol. The van der Waals surface area contributed by atoms with Crippen molar-refractivity contribution in [1.29, 1.82) is 0 Å². The first-order valence-electron chi connectivity index (χ1n) is 8.56. The highest BCUT2D eigenvalue weighted by atomic mass is 16.6. The number of aliphatic carboxylic acids is 1. The molecule has 1 amide bonds. The van der Waals surface area contributed by atoms with Gasteiger partial charge in [-0.3, -0.25) is 9.69 Å². The smallest absolute Gasteiger partial charge is 0.408 e. The molecule has 1 aliphatic rings. The van der Waals surface area contributed by atoms with E-state index in [1.54, 1.807) is 0 Å². The second kappa shape index (κ2) is 8.52. The number of hydrogen-bond acceptors (Lipinski definition) is 4. The molecule has 1 rings (SSSR count). The highest BCUT2D eigenvalue weighted by Crippen LogP contribution is 2.30. The third-order valence-corrected chi connectivity index (χ3v) is 3.97. The number of carboxylic acid groups (broad SMARTS) is 1. The molecule has 0 saturated heterocycles. The van der Waals surface area contributed by atoms with Crippen molar-refractivity contribution in [3.8, 4) is 0 Å². The van der Waals surface area contributed by atoms with Gasteiger partial charge in [0.2, 0.25) is 0 Å². The average molecular weight is 328 g/mol. The second-order valence-corrected chi connectivity index (χ2v) is 7.68. The number of ether oxygens (including phenoxy) is 1. The molecule has 0 aromatic heterocycles. The van der Waals surface area contributed by atoms with Gasteiger partial charge < -0.3 is 15.2 Å². The van der Waals surface area contributed by atoms with E-state index >= 15 is 0 Å². The molecule has 6 heteroatoms. The third-order valence-electron chi connectivity index (χ3n) is 3.97. The van der Waals surface area contributed by atoms with Crippen LogP contribution < -0.4 is 5.32 Å². The SMILES string of the molecule is CCC(C)CC(NC(=O)OC(C)(C)C)N(CC(=O)O)CC1CC1. The molecule has 1 fully saturated rings. The maximum absolute atomic E-state index is 12.1. The lowest BCUT2D eigenvalue weighted by Crippen LogP contribution is -2.52. The van der Waals surface area contributed by atoms with E-state index in [1.807, 2.05) is 25.7 Å². The van der Waals surface area contributed by atoms with Crippen molar-refractivity contribution >= 4 is 12.1 Å². The van der Waals surface area contributed by atoms with E-state index in [9.17, 15) is 14.7 Å². The summed E-state index contributed by atoms with van der Waals surface area (Å²) in [4.78, 5) is 25.2. The van der Waals surface area contributed by atoms with E-state index in [0.29, 0.717) is 18.4 Å². The van der Waals surface area contributed by atoms with Crippen molar-refractivity contribution in [2.24, 2.45) is 11.8 Å². The van der Waals surface area contributed by atoms with E-state index in [2.05, 4.69) is 19.2 Å². The van der Waals surface area contributed by atoms with Crippen molar-refractivity contribution in [1.82, 2.24) is 10.2 Å². The molecule has 2 unspecified atom stereocenters. The number of alkyl carbamates (subject to hydrolysis) is 1. The van der Waals surface area contributed by atoms with E-state index < -0.39 is 17.7 Å². The summed E-state index contributed by atoms with van der Waals surface area (Å²) < 4.78 is 5.34. The largest absolute Gasteiger partial charge is 0.480 e. The van der Waals surface area contributed by atoms with Crippen LogP contribution >= 0.6 is 0 Å². The van der Waals surface area contributed by atoms with Gasteiger partial charge in [0.15, 0.2) is 0 Å². The van der Waals surface area contributed by atoms with E-state index in [1.165, 1.54) is 0 Å². The summed E-state index contributed by atoms with van der Waals surface area (Å²) in [5.41, 5.74) is -0.570. The zero-order valence-corrected chi connectivity index (χ0v) is 15.1. The fourth-order valence-electron chi connectivity index (χ4n) is 2.40. The second-order valence-electron chi connectivity index (χ2n) is 7.68. The Balaban J connectivity index is 2.77. The quantitative estimate of drug-likeness (QED) is 0.636. The van der Waals surface area contributed by atoms with Crippen LogP contribution in [0.5, 0.6) is 0 Å². The zero-order valence-electron chi connectivity index (χ0n) is 15.1. The molecule has 0 bridgehead atoms. The predicted molar refractivity (Wildman–Crippen MR) is 89.2 cm³/mol. The Kier molecular flexibility index (Phi) is 7.32. The van der Waals surface area contributed by atoms with E-state index in [0.717, 1.165) is 25.7 Å². The molecule has 0 aliphatic heterocycles. The first-order chi connectivity index (χ1) is 10.6. The molecular formula is C17H32N2O4. The van der Waals surface area contributed by atoms with Gasteiger partial charge in [0, 0.05) is 6.54 Å². The van der Waals surface area contributed by atoms with Gasteiger partial charge in [0.05, 0.1) is 12.7 Å². The van der Waals surface area contributed by atoms with Crippen LogP contribution in [0.4, 0.5) is 4.79 Å². The number of carbonyl (C=O) groups is 2. The van der Waals surface area contributed by atoms with E-state index in [4.69, 9.17) is 4.74 Å². The molecule has 0 spiro atoms. The molecule has 6 nitrogen and oxygen atoms in total. The Morgan fingerprint density at radius 1 is 1.35 bits per heavy atom. The Morgan fingerprint density at radius 2 is 1.96 bits per heavy atom. The summed E-state index contributed by atoms with van der Waals surface area (Å²) in [7, 11) is 0. The molecule has 2 N–H and O–H groups in total. The van der Waals surface area contributed by atoms with Crippen molar-refractivity contribution in [3.63, 3.8) is 0 Å². The molecule has 0 heterocycles. The van der Waals surface area contributed by atoms with Crippen LogP contribution in [0.2, 0.25) is 0 Å². The summed E-state index contributed by atoms with van der Waals surface area (Å²) >= 11 is 0. The summed E-state index contributed by atoms with van der Waals surface area (Å²) in [5, 5.41) is 12.1. The number of nitrogens with one attached hydrogen (secondary N) is 1. The summed E-state index contributed by atoms with van der Waals surface area (Å²) in [6.45, 7) is 10.3. The molecule has 23 heavy (non-hydrogen) atoms. The number of carbonyl (C=O) groups excluding carboxylic acids is 1. The Labute approximate surface area is 139 Å². The molecule has 1 aliphatic carbocycles. The average Bonchev–Trinajstić information content (AvgIpc) is 3.18. The van der Waals surface area contributed by atoms with Gasteiger partial charge in [0.25, 0.3) is 0 Å². The fraction of sp³-hybridized carbons (Fsp3) is 0.882. The van der Waals surface area contributed by atoms with Gasteiger partial charge in [-0.1, -0.05) is 20.3 Å². The lowest BCUT2D eigenvalue weighted by atomic mass is 10.0. The fourth-order valence-corrected chi connectivity index (χ4v) is 2.40. The standard InChI is InChI=1S/C17H32N2O4/c1-6-12(2)9-14(18-16(22)23-17(3,4)5)19(11-15(20)21)10-13-7-8-13/h12-14H,6-11H2,1-5H3,(H,18,22)(H,20,21). The minimum Gasteiger partial charge on any atom is -0.480 e. The van der Waals surface area contributed by atoms with Crippen LogP contribution in [0.15, 0.2) is 0 Å². The minimum absolute atomic E-state index is 0.0621. The van der Waals surface area contributed by atoms with Gasteiger partial charge in [-0.2, -0.15) is 0 Å². The summed E-state index contributed by atoms with van der Waals surface area (Å²) in [6, 6.07) is 0. The molecule has 134 valence electrons. The molecule has 2 atom stereocenters. The topological polar surface area (TPSA) is 78.9 Å². The van der Waals surface area contributed by atoms with Crippen molar-refractivity contribution in [2.45, 2.75) is 72.1 Å². The molecule has 0 aromatic carbocycles. The van der Waals surface area contributed by atoms with Crippen LogP contribution in [0.25, 0.3) is 0 Å². The number of hydrogen-bond donors (Lipinski definition) is 2. The summed E-state index contributed by atoms with van der Waals surface area (Å²) in [6.07, 6.45) is 3.18. The predicted octanol–water partition coefficient (Wildman–Crippen LogP) is 3.07. The highest BCUT2D eigenvalue weighted by Gasteiger charge is 2.31. The van der Waals surface area contributed by atoms with Crippen LogP contribution in [0, 0.1) is 11.8 Å². The van der Waals surface area contributed by atoms with Gasteiger partial charge in [-0.15, -0.1) is 0 Å². The number of carboxylic acids is 1. The van der Waals surface area contributed by atoms with Crippen molar-refractivity contribution in [2.75, 3.05) is 13.1 Å². The van der Waals surface area contributed by atoms with E-state index in [-0.39, 0.29) is 12.7 Å². The normalized spacial score (nSPS) is 17.7. The molecule has 0 radical (unpaired) electrons. The minimum atomic E-state index is -0.870. The Morgan fingerprint density at radius 3 is 2.39 bits per heavy atom. The van der Waals surface area contributed by atoms with Gasteiger partial charge in [-0.25, -0.2) is 4.79 Å². The maximum atomic E-state index is 12.1. The lowest BCUT2D eigenvalue weighted by molar-refractivity contribution is -0.139. The summed E-state index contributed by atoms with van der Waals surface area (Å²) in [5.74, 6) is 0.0745. The maximum Gasteiger partial charge on any atom is 0.408 e. The molecule has 0 aromatic rings. The van der Waals surface area contributed by atoms with Crippen molar-refractivity contribution in [3.05, 3.63) is 0 Å². The molecular weight excluding hydrogens is 296 g/mol. The van der Waals surface area contributed by atoms with Gasteiger partial charge in [-0.05, 0) is 51.9 Å². The van der Waals surface area contributed by atoms with Gasteiger partial charge >= 0.3 is 12.1 Å². The first kappa shape index (κ1) is 19.7. The van der Waals surface area contributed by atoms with Crippen LogP contribution in [0.3, 0.4) is 0 Å². The van der Waals surface area contributed by atoms with Gasteiger partial charge in [0.1, 0.15) is 5.60 Å². The highest BCUT2D eigenvalue weighted by molar-refractivity contribution is 5.70. The third kappa shape index (κ3) is 8.79. The zero-order chi connectivity index (χ0) is 17.6. The van der Waals surface area contributed by atoms with Crippen molar-refractivity contribution < 1.29 is 19.4 Å². The number of nitrogens with zero attached hydrogens (tertiary/aromatic N) is 1. The number of rotatable bonds is 9. The van der Waals surface area contributed by atoms with Crippen LogP contribution in [0.1, 0.15) is 60.3 Å². The number of amides is 1. The Bertz CT molecular complexity index is 402. The van der Waals surface area contributed by atoms with Crippen LogP contribution in [-0.4, -0.2) is 46.9 Å². The van der Waals surface area contributed by atoms with Crippen LogP contribution in [-0.2, 0) is 9.53 Å². The first-order valence-corrected chi connectivity index (χ1v) is 8.56. The molecule has 1 saturated carbocycles.